The van der Waals surface area contributed by atoms with Gasteiger partial charge in [-0.3, -0.25) is 0 Å². The van der Waals surface area contributed by atoms with Gasteiger partial charge in [0.05, 0.1) is 13.2 Å². The van der Waals surface area contributed by atoms with E-state index in [9.17, 15) is 13.5 Å². The van der Waals surface area contributed by atoms with E-state index in [0.717, 1.165) is 12.8 Å². The van der Waals surface area contributed by atoms with Crippen LogP contribution in [0.3, 0.4) is 0 Å². The maximum absolute atomic E-state index is 12.5. The smallest absolute Gasteiger partial charge is 0.244 e. The lowest BCUT2D eigenvalue weighted by Crippen LogP contribution is -2.45. The van der Waals surface area contributed by atoms with Gasteiger partial charge in [0.25, 0.3) is 0 Å². The molecule has 1 aliphatic carbocycles. The molecule has 0 amide bonds. The van der Waals surface area contributed by atoms with E-state index in [1.165, 1.54) is 13.2 Å². The van der Waals surface area contributed by atoms with Crippen molar-refractivity contribution in [3.05, 3.63) is 22.7 Å². The molecule has 1 saturated carbocycles. The van der Waals surface area contributed by atoms with Gasteiger partial charge in [-0.15, -0.1) is 0 Å². The molecule has 7 heteroatoms. The Labute approximate surface area is 127 Å². The minimum atomic E-state index is -3.72. The summed E-state index contributed by atoms with van der Waals surface area (Å²) in [7, 11) is -2.29. The third kappa shape index (κ3) is 3.52. The van der Waals surface area contributed by atoms with E-state index in [1.54, 1.807) is 12.1 Å². The van der Waals surface area contributed by atoms with E-state index in [4.69, 9.17) is 4.74 Å². The zero-order valence-electron chi connectivity index (χ0n) is 11.2. The summed E-state index contributed by atoms with van der Waals surface area (Å²) in [6.07, 6.45) is 2.50. The second-order valence-electron chi connectivity index (χ2n) is 4.87. The van der Waals surface area contributed by atoms with E-state index >= 15 is 0 Å². The summed E-state index contributed by atoms with van der Waals surface area (Å²) >= 11 is 3.26. The van der Waals surface area contributed by atoms with E-state index in [1.807, 2.05) is 0 Å². The van der Waals surface area contributed by atoms with Crippen molar-refractivity contribution in [1.82, 2.24) is 4.72 Å². The number of sulfonamides is 1. The second kappa shape index (κ2) is 6.43. The Morgan fingerprint density at radius 1 is 1.35 bits per heavy atom. The van der Waals surface area contributed by atoms with E-state index in [-0.39, 0.29) is 10.6 Å². The lowest BCUT2D eigenvalue weighted by atomic mass is 9.93. The highest BCUT2D eigenvalue weighted by atomic mass is 79.9. The van der Waals surface area contributed by atoms with Crippen molar-refractivity contribution in [2.45, 2.75) is 42.7 Å². The molecule has 1 aromatic rings. The average Bonchev–Trinajstić information content (AvgIpc) is 2.41. The van der Waals surface area contributed by atoms with Gasteiger partial charge in [-0.05, 0) is 31.0 Å². The van der Waals surface area contributed by atoms with Gasteiger partial charge in [-0.1, -0.05) is 28.8 Å². The van der Waals surface area contributed by atoms with Gasteiger partial charge >= 0.3 is 0 Å². The number of nitrogens with one attached hydrogen (secondary N) is 1. The third-order valence-electron chi connectivity index (χ3n) is 3.45. The minimum absolute atomic E-state index is 0.0761. The largest absolute Gasteiger partial charge is 0.495 e. The zero-order valence-corrected chi connectivity index (χ0v) is 13.6. The lowest BCUT2D eigenvalue weighted by Gasteiger charge is -2.28. The fourth-order valence-electron chi connectivity index (χ4n) is 2.37. The summed E-state index contributed by atoms with van der Waals surface area (Å²) < 4.78 is 33.2. The molecule has 2 atom stereocenters. The highest BCUT2D eigenvalue weighted by Crippen LogP contribution is 2.28. The molecule has 1 fully saturated rings. The number of hydrogen-bond acceptors (Lipinski definition) is 4. The van der Waals surface area contributed by atoms with E-state index in [2.05, 4.69) is 20.7 Å². The number of benzene rings is 1. The van der Waals surface area contributed by atoms with Gasteiger partial charge in [0.15, 0.2) is 0 Å². The fourth-order valence-corrected chi connectivity index (χ4v) is 4.38. The third-order valence-corrected chi connectivity index (χ3v) is 5.46. The SMILES string of the molecule is COc1ccc(Br)cc1S(=O)(=O)N[C@H]1CCCC[C@@H]1O. The summed E-state index contributed by atoms with van der Waals surface area (Å²) in [5, 5.41) is 9.89. The van der Waals surface area contributed by atoms with Crippen LogP contribution in [0.2, 0.25) is 0 Å². The van der Waals surface area contributed by atoms with Crippen LogP contribution in [0, 0.1) is 0 Å². The summed E-state index contributed by atoms with van der Waals surface area (Å²) in [5.74, 6) is 0.283. The first kappa shape index (κ1) is 15.8. The fraction of sp³-hybridized carbons (Fsp3) is 0.538. The normalized spacial score (nSPS) is 23.6. The molecule has 2 N–H and O–H groups in total. The van der Waals surface area contributed by atoms with Gasteiger partial charge in [-0.25, -0.2) is 13.1 Å². The molecular formula is C13H18BrNO4S. The summed E-state index contributed by atoms with van der Waals surface area (Å²) in [6.45, 7) is 0. The van der Waals surface area contributed by atoms with Crippen molar-refractivity contribution in [2.24, 2.45) is 0 Å². The standard InChI is InChI=1S/C13H18BrNO4S/c1-19-12-7-6-9(14)8-13(12)20(17,18)15-10-4-2-3-5-11(10)16/h6-8,10-11,15-16H,2-5H2,1H3/t10-,11-/m0/s1. The molecule has 0 spiro atoms. The number of ether oxygens (including phenoxy) is 1. The van der Waals surface area contributed by atoms with Crippen LogP contribution in [0.25, 0.3) is 0 Å². The van der Waals surface area contributed by atoms with Crippen LogP contribution in [0.4, 0.5) is 0 Å². The van der Waals surface area contributed by atoms with Crippen LogP contribution in [0.15, 0.2) is 27.6 Å². The first-order valence-electron chi connectivity index (χ1n) is 6.48. The second-order valence-corrected chi connectivity index (χ2v) is 7.47. The molecule has 0 heterocycles. The van der Waals surface area contributed by atoms with Gasteiger partial charge in [0.2, 0.25) is 10.0 Å². The molecule has 0 bridgehead atoms. The summed E-state index contributed by atoms with van der Waals surface area (Å²) in [4.78, 5) is 0.0761. The monoisotopic (exact) mass is 363 g/mol. The van der Waals surface area contributed by atoms with E-state index in [0.29, 0.717) is 17.3 Å². The van der Waals surface area contributed by atoms with Crippen molar-refractivity contribution >= 4 is 26.0 Å². The first-order valence-corrected chi connectivity index (χ1v) is 8.75. The Hall–Kier alpha value is -0.630. The molecular weight excluding hydrogens is 346 g/mol. The van der Waals surface area contributed by atoms with Crippen LogP contribution in [-0.4, -0.2) is 32.8 Å². The van der Waals surface area contributed by atoms with Crippen molar-refractivity contribution < 1.29 is 18.3 Å². The van der Waals surface area contributed by atoms with Crippen LogP contribution in [-0.2, 0) is 10.0 Å². The number of halogens is 1. The number of aliphatic hydroxyl groups is 1. The van der Waals surface area contributed by atoms with Crippen molar-refractivity contribution in [2.75, 3.05) is 7.11 Å². The highest BCUT2D eigenvalue weighted by Gasteiger charge is 2.29. The van der Waals surface area contributed by atoms with Gasteiger partial charge in [0, 0.05) is 10.5 Å². The predicted molar refractivity (Wildman–Crippen MR) is 79.3 cm³/mol. The topological polar surface area (TPSA) is 75.6 Å². The molecule has 0 aliphatic heterocycles. The van der Waals surface area contributed by atoms with Gasteiger partial charge in [0.1, 0.15) is 10.6 Å². The Morgan fingerprint density at radius 3 is 2.70 bits per heavy atom. The highest BCUT2D eigenvalue weighted by molar-refractivity contribution is 9.10. The van der Waals surface area contributed by atoms with Crippen LogP contribution in [0.5, 0.6) is 5.75 Å². The number of rotatable bonds is 4. The number of hydrogen-bond donors (Lipinski definition) is 2. The maximum Gasteiger partial charge on any atom is 0.244 e. The van der Waals surface area contributed by atoms with Crippen molar-refractivity contribution in [1.29, 1.82) is 0 Å². The minimum Gasteiger partial charge on any atom is -0.495 e. The molecule has 112 valence electrons. The molecule has 1 aliphatic rings. The average molecular weight is 364 g/mol. The molecule has 0 radical (unpaired) electrons. The Morgan fingerprint density at radius 2 is 2.05 bits per heavy atom. The van der Waals surface area contributed by atoms with Crippen LogP contribution >= 0.6 is 15.9 Å². The van der Waals surface area contributed by atoms with Crippen molar-refractivity contribution in [3.8, 4) is 5.75 Å². The Kier molecular flexibility index (Phi) is 5.06. The molecule has 2 rings (SSSR count). The molecule has 0 unspecified atom stereocenters. The van der Waals surface area contributed by atoms with Crippen LogP contribution < -0.4 is 9.46 Å². The maximum atomic E-state index is 12.5. The number of aliphatic hydroxyl groups excluding tert-OH is 1. The lowest BCUT2D eigenvalue weighted by molar-refractivity contribution is 0.101. The van der Waals surface area contributed by atoms with Gasteiger partial charge in [-0.2, -0.15) is 0 Å². The van der Waals surface area contributed by atoms with E-state index < -0.39 is 22.2 Å². The van der Waals surface area contributed by atoms with Crippen LogP contribution in [0.1, 0.15) is 25.7 Å². The van der Waals surface area contributed by atoms with Crippen molar-refractivity contribution in [3.63, 3.8) is 0 Å². The molecule has 5 nitrogen and oxygen atoms in total. The Balaban J connectivity index is 2.28. The number of methoxy groups -OCH3 is 1. The summed E-state index contributed by atoms with van der Waals surface area (Å²) in [6, 6.07) is 4.37. The molecule has 0 saturated heterocycles. The summed E-state index contributed by atoms with van der Waals surface area (Å²) in [5.41, 5.74) is 0. The molecule has 20 heavy (non-hydrogen) atoms. The first-order chi connectivity index (χ1) is 9.44. The molecule has 0 aromatic heterocycles. The zero-order chi connectivity index (χ0) is 14.8. The molecule has 1 aromatic carbocycles. The predicted octanol–water partition coefficient (Wildman–Crippen LogP) is 2.04. The quantitative estimate of drug-likeness (QED) is 0.858. The Bertz CT molecular complexity index is 576. The van der Waals surface area contributed by atoms with Gasteiger partial charge < -0.3 is 9.84 Å².